The van der Waals surface area contributed by atoms with Gasteiger partial charge in [-0.25, -0.2) is 0 Å². The first-order chi connectivity index (χ1) is 6.09. The van der Waals surface area contributed by atoms with Gasteiger partial charge in [0.15, 0.2) is 0 Å². The van der Waals surface area contributed by atoms with Gasteiger partial charge in [0.05, 0.1) is 0 Å². The molecule has 0 aromatic rings. The monoisotopic (exact) mass is 192 g/mol. The Bertz CT molecular complexity index is 299. The van der Waals surface area contributed by atoms with Gasteiger partial charge in [0.2, 0.25) is 0 Å². The molecule has 0 saturated carbocycles. The number of thioether (sulfide) groups is 1. The Labute approximate surface area is 83.2 Å². The first-order valence-corrected chi connectivity index (χ1v) is 5.24. The summed E-state index contributed by atoms with van der Waals surface area (Å²) in [5, 5.41) is 17.4. The van der Waals surface area contributed by atoms with Crippen LogP contribution in [0.5, 0.6) is 0 Å². The van der Waals surface area contributed by atoms with E-state index in [1.54, 1.807) is 0 Å². The molecule has 0 unspecified atom stereocenters. The molecule has 1 rings (SSSR count). The Morgan fingerprint density at radius 3 is 2.46 bits per heavy atom. The van der Waals surface area contributed by atoms with E-state index in [2.05, 4.69) is 13.8 Å². The quantitative estimate of drug-likeness (QED) is 0.554. The summed E-state index contributed by atoms with van der Waals surface area (Å²) < 4.78 is 0.187. The first kappa shape index (κ1) is 10.2. The Kier molecular flexibility index (Phi) is 3.01. The van der Waals surface area contributed by atoms with Crippen LogP contribution in [0.25, 0.3) is 0 Å². The average Bonchev–Trinajstić information content (AvgIpc) is 2.05. The molecule has 1 aliphatic heterocycles. The van der Waals surface area contributed by atoms with E-state index in [1.807, 2.05) is 23.9 Å². The maximum atomic E-state index is 8.71. The molecule has 0 aromatic carbocycles. The third kappa shape index (κ3) is 2.50. The zero-order chi connectivity index (χ0) is 9.90. The fourth-order valence-electron chi connectivity index (χ4n) is 1.50. The van der Waals surface area contributed by atoms with E-state index in [-0.39, 0.29) is 4.75 Å². The van der Waals surface area contributed by atoms with Crippen molar-refractivity contribution in [1.82, 2.24) is 0 Å². The smallest absolute Gasteiger partial charge is 0.128 e. The van der Waals surface area contributed by atoms with Crippen molar-refractivity contribution in [3.8, 4) is 12.1 Å². The van der Waals surface area contributed by atoms with Gasteiger partial charge in [0.1, 0.15) is 17.7 Å². The molecule has 0 spiro atoms. The number of hydrogen-bond acceptors (Lipinski definition) is 3. The van der Waals surface area contributed by atoms with Gasteiger partial charge in [-0.2, -0.15) is 22.3 Å². The summed E-state index contributed by atoms with van der Waals surface area (Å²) >= 11 is 1.91. The van der Waals surface area contributed by atoms with Gasteiger partial charge in [-0.3, -0.25) is 0 Å². The molecule has 1 aliphatic rings. The lowest BCUT2D eigenvalue weighted by Crippen LogP contribution is -2.21. The molecule has 0 amide bonds. The minimum absolute atomic E-state index is 0.187. The van der Waals surface area contributed by atoms with E-state index in [1.165, 1.54) is 0 Å². The zero-order valence-corrected chi connectivity index (χ0v) is 8.74. The molecule has 1 fully saturated rings. The zero-order valence-electron chi connectivity index (χ0n) is 7.92. The molecular weight excluding hydrogens is 180 g/mol. The van der Waals surface area contributed by atoms with E-state index in [4.69, 9.17) is 10.5 Å². The number of nitriles is 2. The van der Waals surface area contributed by atoms with Crippen LogP contribution in [0.15, 0.2) is 11.1 Å². The largest absolute Gasteiger partial charge is 0.192 e. The molecular formula is C10H12N2S. The molecule has 1 saturated heterocycles. The lowest BCUT2D eigenvalue weighted by atomic mass is 9.95. The second-order valence-electron chi connectivity index (χ2n) is 3.74. The minimum atomic E-state index is 0.187. The van der Waals surface area contributed by atoms with Gasteiger partial charge in [-0.1, -0.05) is 13.8 Å². The van der Waals surface area contributed by atoms with Crippen LogP contribution in [0.1, 0.15) is 26.7 Å². The SMILES string of the molecule is CC1(C)CC(=C(C#N)C#N)CCS1. The fraction of sp³-hybridized carbons (Fsp3) is 0.600. The van der Waals surface area contributed by atoms with Gasteiger partial charge in [0.25, 0.3) is 0 Å². The van der Waals surface area contributed by atoms with Crippen LogP contribution in [-0.4, -0.2) is 10.5 Å². The van der Waals surface area contributed by atoms with Crippen LogP contribution >= 0.6 is 11.8 Å². The molecule has 0 aliphatic carbocycles. The minimum Gasteiger partial charge on any atom is -0.192 e. The standard InChI is InChI=1S/C10H12N2S/c1-10(2)5-8(3-4-13-10)9(6-11)7-12/h3-5H2,1-2H3. The van der Waals surface area contributed by atoms with Crippen molar-refractivity contribution >= 4 is 11.8 Å². The number of allylic oxidation sites excluding steroid dienone is 2. The summed E-state index contributed by atoms with van der Waals surface area (Å²) in [5.41, 5.74) is 1.36. The van der Waals surface area contributed by atoms with Crippen LogP contribution in [0.2, 0.25) is 0 Å². The molecule has 1 heterocycles. The molecule has 13 heavy (non-hydrogen) atoms. The third-order valence-corrected chi connectivity index (χ3v) is 3.45. The molecule has 0 radical (unpaired) electrons. The summed E-state index contributed by atoms with van der Waals surface area (Å²) in [7, 11) is 0. The lowest BCUT2D eigenvalue weighted by molar-refractivity contribution is 0.667. The summed E-state index contributed by atoms with van der Waals surface area (Å²) in [6.45, 7) is 4.31. The predicted molar refractivity (Wildman–Crippen MR) is 54.0 cm³/mol. The van der Waals surface area contributed by atoms with Gasteiger partial charge in [-0.15, -0.1) is 0 Å². The van der Waals surface area contributed by atoms with E-state index >= 15 is 0 Å². The normalized spacial score (nSPS) is 20.2. The van der Waals surface area contributed by atoms with Crippen molar-refractivity contribution in [3.63, 3.8) is 0 Å². The molecule has 2 nitrogen and oxygen atoms in total. The fourth-order valence-corrected chi connectivity index (χ4v) is 2.68. The van der Waals surface area contributed by atoms with Crippen molar-refractivity contribution in [2.45, 2.75) is 31.4 Å². The number of rotatable bonds is 0. The van der Waals surface area contributed by atoms with Crippen LogP contribution in [0.3, 0.4) is 0 Å². The van der Waals surface area contributed by atoms with Crippen LogP contribution < -0.4 is 0 Å². The summed E-state index contributed by atoms with van der Waals surface area (Å²) in [6, 6.07) is 3.94. The van der Waals surface area contributed by atoms with E-state index < -0.39 is 0 Å². The summed E-state index contributed by atoms with van der Waals surface area (Å²) in [5.74, 6) is 1.02. The highest BCUT2D eigenvalue weighted by Gasteiger charge is 2.26. The summed E-state index contributed by atoms with van der Waals surface area (Å²) in [4.78, 5) is 0. The van der Waals surface area contributed by atoms with Crippen molar-refractivity contribution in [3.05, 3.63) is 11.1 Å². The van der Waals surface area contributed by atoms with Crippen molar-refractivity contribution < 1.29 is 0 Å². The average molecular weight is 192 g/mol. The van der Waals surface area contributed by atoms with Crippen LogP contribution in [0, 0.1) is 22.7 Å². The first-order valence-electron chi connectivity index (χ1n) is 4.25. The lowest BCUT2D eigenvalue weighted by Gasteiger charge is -2.30. The van der Waals surface area contributed by atoms with Crippen LogP contribution in [0.4, 0.5) is 0 Å². The molecule has 0 aromatic heterocycles. The maximum absolute atomic E-state index is 8.71. The topological polar surface area (TPSA) is 47.6 Å². The number of hydrogen-bond donors (Lipinski definition) is 0. The molecule has 0 bridgehead atoms. The Hall–Kier alpha value is -0.930. The molecule has 3 heteroatoms. The highest BCUT2D eigenvalue weighted by atomic mass is 32.2. The van der Waals surface area contributed by atoms with E-state index in [0.717, 1.165) is 24.2 Å². The second-order valence-corrected chi connectivity index (χ2v) is 5.54. The highest BCUT2D eigenvalue weighted by molar-refractivity contribution is 8.00. The van der Waals surface area contributed by atoms with Crippen molar-refractivity contribution in [2.24, 2.45) is 0 Å². The predicted octanol–water partition coefficient (Wildman–Crippen LogP) is 2.64. The van der Waals surface area contributed by atoms with Gasteiger partial charge < -0.3 is 0 Å². The molecule has 0 N–H and O–H groups in total. The van der Waals surface area contributed by atoms with E-state index in [0.29, 0.717) is 5.57 Å². The van der Waals surface area contributed by atoms with Gasteiger partial charge in [0, 0.05) is 4.75 Å². The third-order valence-electron chi connectivity index (χ3n) is 2.11. The Morgan fingerprint density at radius 1 is 1.38 bits per heavy atom. The van der Waals surface area contributed by atoms with Gasteiger partial charge >= 0.3 is 0 Å². The Balaban J connectivity index is 2.91. The Morgan fingerprint density at radius 2 is 2.00 bits per heavy atom. The van der Waals surface area contributed by atoms with Crippen molar-refractivity contribution in [2.75, 3.05) is 5.75 Å². The van der Waals surface area contributed by atoms with E-state index in [9.17, 15) is 0 Å². The number of nitrogens with zero attached hydrogens (tertiary/aromatic N) is 2. The maximum Gasteiger partial charge on any atom is 0.128 e. The summed E-state index contributed by atoms with van der Waals surface area (Å²) in [6.07, 6.45) is 1.76. The van der Waals surface area contributed by atoms with Crippen LogP contribution in [-0.2, 0) is 0 Å². The molecule has 0 atom stereocenters. The highest BCUT2D eigenvalue weighted by Crippen LogP contribution is 2.39. The second kappa shape index (κ2) is 3.85. The molecule has 68 valence electrons. The van der Waals surface area contributed by atoms with Gasteiger partial charge in [-0.05, 0) is 24.2 Å². The van der Waals surface area contributed by atoms with Crippen molar-refractivity contribution in [1.29, 1.82) is 10.5 Å².